The van der Waals surface area contributed by atoms with Crippen LogP contribution in [0, 0.1) is 19.1 Å². The summed E-state index contributed by atoms with van der Waals surface area (Å²) in [6.45, 7) is 8.14. The number of quaternary nitrogens is 1. The van der Waals surface area contributed by atoms with E-state index >= 15 is 0 Å². The van der Waals surface area contributed by atoms with E-state index < -0.39 is 0 Å². The van der Waals surface area contributed by atoms with E-state index in [4.69, 9.17) is 43.0 Å². The Morgan fingerprint density at radius 1 is 0.629 bits per heavy atom. The smallest absolute Gasteiger partial charge is 0.214 e. The summed E-state index contributed by atoms with van der Waals surface area (Å²) in [7, 11) is 0. The number of nitrogens with zero attached hydrogens (tertiary/aromatic N) is 4. The Kier molecular flexibility index (Phi) is 14.1. The number of benzene rings is 5. The lowest BCUT2D eigenvalue weighted by Gasteiger charge is -2.25. The molecule has 4 aliphatic heterocycles. The molecule has 4 heterocycles. The Hall–Kier alpha value is -5.34. The van der Waals surface area contributed by atoms with Crippen LogP contribution in [0.1, 0.15) is 17.5 Å². The molecule has 324 valence electrons. The summed E-state index contributed by atoms with van der Waals surface area (Å²) < 4.78 is 46.1. The Morgan fingerprint density at radius 3 is 1.58 bits per heavy atom. The molecule has 0 amide bonds. The molecule has 15 nitrogen and oxygen atoms in total. The number of hydrogen-bond donors (Lipinski definition) is 2. The minimum atomic E-state index is -0.00445. The molecule has 0 bridgehead atoms. The molecule has 4 atom stereocenters. The fourth-order valence-electron chi connectivity index (χ4n) is 6.37. The Bertz CT molecular complexity index is 2250. The van der Waals surface area contributed by atoms with Crippen molar-refractivity contribution in [1.29, 1.82) is 0 Å². The van der Waals surface area contributed by atoms with Crippen molar-refractivity contribution < 1.29 is 67.4 Å². The predicted octanol–water partition coefficient (Wildman–Crippen LogP) is 5.16. The summed E-state index contributed by atoms with van der Waals surface area (Å²) in [5, 5.41) is 24.8. The summed E-state index contributed by atoms with van der Waals surface area (Å²) in [5.41, 5.74) is 8.75. The number of aliphatic imine (C=N–C) groups is 1. The second-order valence-electron chi connectivity index (χ2n) is 15.3. The third-order valence-electron chi connectivity index (χ3n) is 10.2. The molecule has 5 aromatic rings. The first-order valence-electron chi connectivity index (χ1n) is 20.5. The van der Waals surface area contributed by atoms with Crippen LogP contribution in [0.5, 0.6) is 23.0 Å². The van der Waals surface area contributed by atoms with Crippen molar-refractivity contribution in [2.75, 3.05) is 63.1 Å². The van der Waals surface area contributed by atoms with Gasteiger partial charge in [-0.3, -0.25) is 0 Å². The first-order valence-corrected chi connectivity index (χ1v) is 20.5. The minimum Gasteiger partial charge on any atom is -1.00 e. The number of aryl methyl sites for hydroxylation is 2. The SMILES string of the molecule is Cc1ccc(N(c2ccc(C)cc2)c2ccc(N=Nc3c(OCC4CO4)cc(NC=Nc4cc(OCCC5CO5)c([NH2+][O-])c(OCC5CO5)c4)cc3OCC3CO3)cc2)cc1.[I-]. The summed E-state index contributed by atoms with van der Waals surface area (Å²) in [6.07, 6.45) is 2.45. The molecule has 5 aromatic carbocycles. The lowest BCUT2D eigenvalue weighted by atomic mass is 10.1. The molecule has 4 aliphatic rings. The van der Waals surface area contributed by atoms with Crippen LogP contribution in [0.4, 0.5) is 45.5 Å². The quantitative estimate of drug-likeness (QED) is 0.0178. The third-order valence-corrected chi connectivity index (χ3v) is 10.2. The second kappa shape index (κ2) is 20.2. The lowest BCUT2D eigenvalue weighted by molar-refractivity contribution is -0.498. The van der Waals surface area contributed by atoms with Gasteiger partial charge in [0, 0.05) is 53.4 Å². The van der Waals surface area contributed by atoms with Gasteiger partial charge in [0.25, 0.3) is 0 Å². The molecular weight excluding hydrogens is 907 g/mol. The number of anilines is 4. The largest absolute Gasteiger partial charge is 1.00 e. The molecule has 0 aliphatic carbocycles. The molecule has 4 saturated heterocycles. The molecule has 16 heteroatoms. The van der Waals surface area contributed by atoms with Crippen LogP contribution in [0.25, 0.3) is 0 Å². The van der Waals surface area contributed by atoms with Gasteiger partial charge in [-0.05, 0) is 62.4 Å². The van der Waals surface area contributed by atoms with Crippen LogP contribution >= 0.6 is 0 Å². The van der Waals surface area contributed by atoms with E-state index in [1.807, 2.05) is 36.4 Å². The predicted molar refractivity (Wildman–Crippen MR) is 230 cm³/mol. The van der Waals surface area contributed by atoms with Crippen molar-refractivity contribution in [3.63, 3.8) is 0 Å². The number of halogens is 1. The minimum absolute atomic E-state index is 0. The first-order chi connectivity index (χ1) is 29.9. The number of ether oxygens (including phenoxy) is 8. The van der Waals surface area contributed by atoms with E-state index in [0.29, 0.717) is 97.7 Å². The monoisotopic (exact) mass is 955 g/mol. The van der Waals surface area contributed by atoms with Gasteiger partial charge in [-0.15, -0.1) is 5.11 Å². The van der Waals surface area contributed by atoms with E-state index in [-0.39, 0.29) is 48.4 Å². The maximum atomic E-state index is 12.2. The Labute approximate surface area is 376 Å². The second-order valence-corrected chi connectivity index (χ2v) is 15.3. The Balaban J connectivity index is 0.00000529. The van der Waals surface area contributed by atoms with Crippen molar-refractivity contribution in [3.8, 4) is 23.0 Å². The highest BCUT2D eigenvalue weighted by atomic mass is 127. The summed E-state index contributed by atoms with van der Waals surface area (Å²) in [4.78, 5) is 6.86. The van der Waals surface area contributed by atoms with Crippen LogP contribution < -0.4 is 58.6 Å². The normalized spacial score (nSPS) is 19.5. The highest BCUT2D eigenvalue weighted by Gasteiger charge is 2.28. The molecule has 0 saturated carbocycles. The molecule has 0 spiro atoms. The van der Waals surface area contributed by atoms with Gasteiger partial charge < -0.3 is 82.8 Å². The van der Waals surface area contributed by atoms with Gasteiger partial charge in [0.1, 0.15) is 38.1 Å². The fraction of sp³-hybridized carbons (Fsp3) is 0.326. The fourth-order valence-corrected chi connectivity index (χ4v) is 6.37. The van der Waals surface area contributed by atoms with E-state index in [1.54, 1.807) is 18.5 Å². The van der Waals surface area contributed by atoms with E-state index in [2.05, 4.69) is 82.7 Å². The average Bonchev–Trinajstić information content (AvgIpc) is 4.05. The number of azo groups is 1. The number of nitrogens with one attached hydrogen (secondary N) is 1. The van der Waals surface area contributed by atoms with Crippen LogP contribution in [-0.2, 0) is 18.9 Å². The van der Waals surface area contributed by atoms with Gasteiger partial charge in [0.15, 0.2) is 28.7 Å². The van der Waals surface area contributed by atoms with Gasteiger partial charge in [0.2, 0.25) is 5.69 Å². The standard InChI is InChI=1S/C46H48N6O9.HI/c1-29-3-9-34(10-4-29)52(35-11-5-30(2)6-12-35)36-13-7-31(8-14-36)49-50-45-41(59-25-38-22-56-38)17-32(18-42(45)60-26-39-23-57-39)47-28-48-33-19-43(54-16-15-37-21-55-37)46(51-53)44(20-33)61-27-40-24-58-40;/h3-14,17-20,28,37-40H,15-16,21-27,51H2,1-2H3,(H,47,48);1H/p-1. The molecule has 62 heavy (non-hydrogen) atoms. The van der Waals surface area contributed by atoms with E-state index in [9.17, 15) is 5.21 Å². The Morgan fingerprint density at radius 2 is 1.10 bits per heavy atom. The molecule has 9 rings (SSSR count). The lowest BCUT2D eigenvalue weighted by Crippen LogP contribution is -3.00. The van der Waals surface area contributed by atoms with Crippen molar-refractivity contribution in [3.05, 3.63) is 113 Å². The topological polar surface area (TPSA) is 179 Å². The van der Waals surface area contributed by atoms with Gasteiger partial charge in [-0.2, -0.15) is 5.11 Å². The third kappa shape index (κ3) is 12.0. The zero-order valence-corrected chi connectivity index (χ0v) is 36.6. The zero-order chi connectivity index (χ0) is 41.5. The summed E-state index contributed by atoms with van der Waals surface area (Å²) >= 11 is 0. The van der Waals surface area contributed by atoms with Gasteiger partial charge in [-0.25, -0.2) is 4.99 Å². The van der Waals surface area contributed by atoms with E-state index in [1.165, 1.54) is 11.1 Å². The number of nitrogens with two attached hydrogens (primary N) is 1. The zero-order valence-electron chi connectivity index (χ0n) is 34.4. The highest BCUT2D eigenvalue weighted by molar-refractivity contribution is 5.82. The maximum absolute atomic E-state index is 12.2. The van der Waals surface area contributed by atoms with Gasteiger partial charge in [-0.1, -0.05) is 35.4 Å². The number of epoxide rings is 4. The van der Waals surface area contributed by atoms with Crippen LogP contribution in [0.15, 0.2) is 112 Å². The highest BCUT2D eigenvalue weighted by Crippen LogP contribution is 2.43. The van der Waals surface area contributed by atoms with Crippen molar-refractivity contribution in [1.82, 2.24) is 0 Å². The molecule has 3 N–H and O–H groups in total. The van der Waals surface area contributed by atoms with E-state index in [0.717, 1.165) is 35.6 Å². The maximum Gasteiger partial charge on any atom is 0.214 e. The van der Waals surface area contributed by atoms with Crippen LogP contribution in [0.3, 0.4) is 0 Å². The first kappa shape index (κ1) is 43.3. The van der Waals surface area contributed by atoms with Crippen molar-refractivity contribution in [2.45, 2.75) is 44.7 Å². The molecule has 4 fully saturated rings. The van der Waals surface area contributed by atoms with Crippen molar-refractivity contribution >= 4 is 51.8 Å². The van der Waals surface area contributed by atoms with Gasteiger partial charge >= 0.3 is 0 Å². The van der Waals surface area contributed by atoms with Crippen LogP contribution in [0.2, 0.25) is 0 Å². The molecule has 0 aromatic heterocycles. The molecule has 0 radical (unpaired) electrons. The van der Waals surface area contributed by atoms with Crippen LogP contribution in [-0.4, -0.2) is 83.6 Å². The number of hydrogen-bond acceptors (Lipinski definition) is 13. The number of rotatable bonds is 22. The van der Waals surface area contributed by atoms with Gasteiger partial charge in [0.05, 0.1) is 56.9 Å². The average molecular weight is 956 g/mol. The summed E-state index contributed by atoms with van der Waals surface area (Å²) in [5.74, 6) is 1.66. The molecule has 4 unspecified atom stereocenters. The summed E-state index contributed by atoms with van der Waals surface area (Å²) in [6, 6.07) is 31.9. The van der Waals surface area contributed by atoms with Crippen molar-refractivity contribution in [2.24, 2.45) is 15.2 Å². The molecular formula is C46H48IN6O9-.